The maximum absolute atomic E-state index is 14.4. The number of hydrogen-bond donors (Lipinski definition) is 0. The highest BCUT2D eigenvalue weighted by Gasteiger charge is 2.29. The molecule has 0 fully saturated rings. The van der Waals surface area contributed by atoms with E-state index in [-0.39, 0.29) is 11.1 Å². The molecule has 2 aromatic rings. The molecule has 5 heteroatoms. The summed E-state index contributed by atoms with van der Waals surface area (Å²) in [7, 11) is 0. The second kappa shape index (κ2) is 8.15. The molecular formula is C22H27F3N2. The van der Waals surface area contributed by atoms with E-state index in [4.69, 9.17) is 0 Å². The minimum atomic E-state index is -3.05. The summed E-state index contributed by atoms with van der Waals surface area (Å²) in [4.78, 5) is 0. The zero-order valence-corrected chi connectivity index (χ0v) is 16.2. The van der Waals surface area contributed by atoms with Gasteiger partial charge in [0.05, 0.1) is 5.69 Å². The topological polar surface area (TPSA) is 17.8 Å². The number of aryl methyl sites for hydroxylation is 1. The first kappa shape index (κ1) is 21.0. The third-order valence-corrected chi connectivity index (χ3v) is 4.41. The van der Waals surface area contributed by atoms with E-state index in [2.05, 4.69) is 18.3 Å². The van der Waals surface area contributed by atoms with Gasteiger partial charge >= 0.3 is 0 Å². The molecule has 0 N–H and O–H groups in total. The summed E-state index contributed by atoms with van der Waals surface area (Å²) in [6.07, 6.45) is 6.18. The second-order valence-corrected chi connectivity index (χ2v) is 7.47. The Hall–Kier alpha value is -2.30. The molecule has 0 aliphatic carbocycles. The van der Waals surface area contributed by atoms with E-state index in [1.54, 1.807) is 16.8 Å². The summed E-state index contributed by atoms with van der Waals surface area (Å²) >= 11 is 0. The fraction of sp³-hybridized carbons (Fsp3) is 0.409. The zero-order chi connectivity index (χ0) is 20.2. The highest BCUT2D eigenvalue weighted by atomic mass is 19.3. The minimum Gasteiger partial charge on any atom is -0.272 e. The molecule has 2 rings (SSSR count). The molecule has 0 unspecified atom stereocenters. The lowest BCUT2D eigenvalue weighted by molar-refractivity contribution is 0.0172. The van der Waals surface area contributed by atoms with Gasteiger partial charge in [-0.1, -0.05) is 18.2 Å². The summed E-state index contributed by atoms with van der Waals surface area (Å²) in [5.41, 5.74) is 0.443. The third kappa shape index (κ3) is 5.84. The molecule has 0 bridgehead atoms. The van der Waals surface area contributed by atoms with Crippen molar-refractivity contribution in [2.24, 2.45) is 0 Å². The van der Waals surface area contributed by atoms with Crippen LogP contribution in [0.4, 0.5) is 13.2 Å². The Morgan fingerprint density at radius 2 is 1.81 bits per heavy atom. The van der Waals surface area contributed by atoms with Crippen molar-refractivity contribution in [3.8, 4) is 11.3 Å². The molecule has 0 saturated heterocycles. The Bertz CT molecular complexity index is 775. The summed E-state index contributed by atoms with van der Waals surface area (Å²) in [5.74, 6) is -3.05. The van der Waals surface area contributed by atoms with Crippen molar-refractivity contribution in [3.05, 3.63) is 66.4 Å². The third-order valence-electron chi connectivity index (χ3n) is 4.41. The van der Waals surface area contributed by atoms with Crippen LogP contribution < -0.4 is 0 Å². The highest BCUT2D eigenvalue weighted by molar-refractivity contribution is 5.62. The summed E-state index contributed by atoms with van der Waals surface area (Å²) in [5, 5.41) is 4.47. The number of aromatic nitrogens is 2. The average molecular weight is 376 g/mol. The van der Waals surface area contributed by atoms with E-state index in [1.165, 1.54) is 26.0 Å². The first-order valence-corrected chi connectivity index (χ1v) is 9.05. The van der Waals surface area contributed by atoms with E-state index in [0.717, 1.165) is 31.8 Å². The molecule has 0 radical (unpaired) electrons. The van der Waals surface area contributed by atoms with Crippen molar-refractivity contribution < 1.29 is 13.2 Å². The van der Waals surface area contributed by atoms with Crippen LogP contribution in [0.5, 0.6) is 0 Å². The van der Waals surface area contributed by atoms with Crippen LogP contribution in [0.3, 0.4) is 0 Å². The minimum absolute atomic E-state index is 0.212. The van der Waals surface area contributed by atoms with Crippen molar-refractivity contribution in [2.45, 2.75) is 58.2 Å². The summed E-state index contributed by atoms with van der Waals surface area (Å²) < 4.78 is 43.9. The SMILES string of the molecule is C=CCC(=C)CCCn1ccc(-c2cc(C(C)(C)F)cc(C(C)(F)F)c2)n1. The van der Waals surface area contributed by atoms with E-state index >= 15 is 0 Å². The van der Waals surface area contributed by atoms with E-state index in [0.29, 0.717) is 17.8 Å². The molecule has 0 saturated carbocycles. The molecule has 146 valence electrons. The van der Waals surface area contributed by atoms with Gasteiger partial charge in [-0.15, -0.1) is 6.58 Å². The predicted molar refractivity (Wildman–Crippen MR) is 105 cm³/mol. The van der Waals surface area contributed by atoms with Crippen molar-refractivity contribution >= 4 is 0 Å². The van der Waals surface area contributed by atoms with Crippen molar-refractivity contribution in [3.63, 3.8) is 0 Å². The van der Waals surface area contributed by atoms with Crippen LogP contribution in [0.15, 0.2) is 55.3 Å². The van der Waals surface area contributed by atoms with Crippen LogP contribution in [-0.4, -0.2) is 9.78 Å². The first-order chi connectivity index (χ1) is 12.5. The van der Waals surface area contributed by atoms with Crippen LogP contribution in [0, 0.1) is 0 Å². The molecule has 0 atom stereocenters. The predicted octanol–water partition coefficient (Wildman–Crippen LogP) is 6.78. The Balaban J connectivity index is 2.24. The van der Waals surface area contributed by atoms with Crippen LogP contribution in [0.25, 0.3) is 11.3 Å². The van der Waals surface area contributed by atoms with Gasteiger partial charge in [0.2, 0.25) is 0 Å². The highest BCUT2D eigenvalue weighted by Crippen LogP contribution is 2.35. The Morgan fingerprint density at radius 1 is 1.15 bits per heavy atom. The zero-order valence-electron chi connectivity index (χ0n) is 16.2. The maximum Gasteiger partial charge on any atom is 0.270 e. The van der Waals surface area contributed by atoms with Crippen LogP contribution in [0.2, 0.25) is 0 Å². The Labute approximate surface area is 159 Å². The number of allylic oxidation sites excluding steroid dienone is 2. The molecule has 1 heterocycles. The standard InChI is InChI=1S/C22H27F3N2/c1-6-8-16(2)9-7-11-27-12-10-20(26-27)17-13-18(21(3,4)23)15-19(14-17)22(5,24)25/h6,10,12-15H,1-2,7-9,11H2,3-5H3. The number of rotatable bonds is 9. The van der Waals surface area contributed by atoms with Gasteiger partial charge in [-0.2, -0.15) is 5.10 Å². The van der Waals surface area contributed by atoms with E-state index in [1.807, 2.05) is 12.3 Å². The Kier molecular flexibility index (Phi) is 6.34. The van der Waals surface area contributed by atoms with Gasteiger partial charge in [-0.25, -0.2) is 13.2 Å². The maximum atomic E-state index is 14.4. The van der Waals surface area contributed by atoms with Crippen molar-refractivity contribution in [1.82, 2.24) is 9.78 Å². The first-order valence-electron chi connectivity index (χ1n) is 9.05. The van der Waals surface area contributed by atoms with Crippen LogP contribution in [-0.2, 0) is 18.1 Å². The quantitative estimate of drug-likeness (QED) is 0.441. The van der Waals surface area contributed by atoms with Crippen molar-refractivity contribution in [2.75, 3.05) is 0 Å². The van der Waals surface area contributed by atoms with E-state index in [9.17, 15) is 13.2 Å². The van der Waals surface area contributed by atoms with Gasteiger partial charge in [0.25, 0.3) is 5.92 Å². The number of nitrogens with zero attached hydrogens (tertiary/aromatic N) is 2. The average Bonchev–Trinajstić information content (AvgIpc) is 3.02. The van der Waals surface area contributed by atoms with Crippen LogP contribution in [0.1, 0.15) is 51.2 Å². The van der Waals surface area contributed by atoms with Crippen molar-refractivity contribution in [1.29, 1.82) is 0 Å². The summed E-state index contributed by atoms with van der Waals surface area (Å²) in [6.45, 7) is 11.9. The second-order valence-electron chi connectivity index (χ2n) is 7.47. The number of halogens is 3. The van der Waals surface area contributed by atoms with Gasteiger partial charge in [-0.05, 0) is 62.9 Å². The molecule has 0 spiro atoms. The van der Waals surface area contributed by atoms with Gasteiger partial charge < -0.3 is 0 Å². The molecular weight excluding hydrogens is 349 g/mol. The molecule has 1 aromatic heterocycles. The number of hydrogen-bond acceptors (Lipinski definition) is 1. The smallest absolute Gasteiger partial charge is 0.270 e. The summed E-state index contributed by atoms with van der Waals surface area (Å²) in [6, 6.07) is 5.97. The number of alkyl halides is 3. The lowest BCUT2D eigenvalue weighted by Gasteiger charge is -2.19. The molecule has 2 nitrogen and oxygen atoms in total. The normalized spacial score (nSPS) is 12.2. The molecule has 1 aromatic carbocycles. The molecule has 0 amide bonds. The Morgan fingerprint density at radius 3 is 2.41 bits per heavy atom. The lowest BCUT2D eigenvalue weighted by atomic mass is 9.93. The number of benzene rings is 1. The lowest BCUT2D eigenvalue weighted by Crippen LogP contribution is -2.14. The molecule has 0 aliphatic heterocycles. The van der Waals surface area contributed by atoms with Gasteiger partial charge in [-0.3, -0.25) is 4.68 Å². The van der Waals surface area contributed by atoms with Crippen LogP contribution >= 0.6 is 0 Å². The fourth-order valence-corrected chi connectivity index (χ4v) is 2.81. The molecule has 27 heavy (non-hydrogen) atoms. The molecule has 0 aliphatic rings. The fourth-order valence-electron chi connectivity index (χ4n) is 2.81. The monoisotopic (exact) mass is 376 g/mol. The largest absolute Gasteiger partial charge is 0.272 e. The van der Waals surface area contributed by atoms with E-state index < -0.39 is 11.6 Å². The van der Waals surface area contributed by atoms with Gasteiger partial charge in [0.15, 0.2) is 0 Å². The van der Waals surface area contributed by atoms with Gasteiger partial charge in [0, 0.05) is 30.8 Å². The van der Waals surface area contributed by atoms with Gasteiger partial charge in [0.1, 0.15) is 5.67 Å².